The summed E-state index contributed by atoms with van der Waals surface area (Å²) in [5, 5.41) is 15.9. The highest BCUT2D eigenvalue weighted by Crippen LogP contribution is 2.37. The van der Waals surface area contributed by atoms with Crippen LogP contribution in [0.4, 0.5) is 10.5 Å². The van der Waals surface area contributed by atoms with Crippen molar-refractivity contribution in [1.82, 2.24) is 15.3 Å². The second-order valence-electron chi connectivity index (χ2n) is 10.4. The molecule has 0 bridgehead atoms. The number of phenols is 1. The molecule has 216 valence electrons. The maximum Gasteiger partial charge on any atom is 0.407 e. The van der Waals surface area contributed by atoms with Crippen molar-refractivity contribution < 1.29 is 24.2 Å². The molecule has 0 atom stereocenters. The summed E-state index contributed by atoms with van der Waals surface area (Å²) < 4.78 is 10.3. The second-order valence-corrected chi connectivity index (χ2v) is 11.2. The molecule has 0 aliphatic heterocycles. The highest BCUT2D eigenvalue weighted by atomic mass is 35.5. The van der Waals surface area contributed by atoms with Gasteiger partial charge in [-0.3, -0.25) is 4.98 Å². The summed E-state index contributed by atoms with van der Waals surface area (Å²) >= 11 is 12.0. The van der Waals surface area contributed by atoms with E-state index in [9.17, 15) is 14.7 Å². The van der Waals surface area contributed by atoms with Crippen molar-refractivity contribution in [2.45, 2.75) is 71.4 Å². The fraction of sp³-hybridized carbons (Fsp3) is 0.448. The van der Waals surface area contributed by atoms with Crippen LogP contribution in [-0.4, -0.2) is 52.4 Å². The predicted molar refractivity (Wildman–Crippen MR) is 158 cm³/mol. The summed E-state index contributed by atoms with van der Waals surface area (Å²) in [5.74, 6) is -0.658. The topological polar surface area (TPSA) is 123 Å². The standard InChI is InChI=1S/C18H15Cl2N3O3.C11H21NO2/c1-3-26-18(25)10-8-22-14-5-4-13(23-16(14)15(10)21-2)9-6-11(19)17(24)12(20)7-9;1-11(2,3)14-10(13)12-9-7-5-4-6-8-9/h4-8,24H,3H2,1-2H3,(H,21,22);9H,4-8H2,1-3H3,(H,12,13). The first-order valence-corrected chi connectivity index (χ1v) is 14.0. The summed E-state index contributed by atoms with van der Waals surface area (Å²) in [6.07, 6.45) is 7.12. The molecule has 1 aliphatic rings. The number of aromatic hydroxyl groups is 1. The Morgan fingerprint density at radius 2 is 1.75 bits per heavy atom. The van der Waals surface area contributed by atoms with Gasteiger partial charge in [0.05, 0.1) is 33.6 Å². The van der Waals surface area contributed by atoms with E-state index < -0.39 is 11.6 Å². The van der Waals surface area contributed by atoms with Crippen molar-refractivity contribution in [3.8, 4) is 17.0 Å². The molecule has 2 heterocycles. The van der Waals surface area contributed by atoms with Gasteiger partial charge in [-0.05, 0) is 64.8 Å². The molecular formula is C29H36Cl2N4O5. The third-order valence-electron chi connectivity index (χ3n) is 6.10. The molecule has 11 heteroatoms. The zero-order chi connectivity index (χ0) is 29.4. The van der Waals surface area contributed by atoms with E-state index in [1.165, 1.54) is 25.5 Å². The Labute approximate surface area is 244 Å². The highest BCUT2D eigenvalue weighted by molar-refractivity contribution is 6.37. The largest absolute Gasteiger partial charge is 0.505 e. The number of nitrogens with one attached hydrogen (secondary N) is 2. The number of phenolic OH excluding ortho intramolecular Hbond substituents is 1. The maximum atomic E-state index is 12.2. The number of nitrogens with zero attached hydrogens (tertiary/aromatic N) is 2. The van der Waals surface area contributed by atoms with Crippen molar-refractivity contribution in [1.29, 1.82) is 0 Å². The number of hydrogen-bond acceptors (Lipinski definition) is 8. The van der Waals surface area contributed by atoms with Gasteiger partial charge in [0.2, 0.25) is 0 Å². The summed E-state index contributed by atoms with van der Waals surface area (Å²) in [6.45, 7) is 7.65. The zero-order valence-corrected chi connectivity index (χ0v) is 24.9. The molecule has 0 spiro atoms. The van der Waals surface area contributed by atoms with E-state index in [4.69, 9.17) is 32.7 Å². The monoisotopic (exact) mass is 590 g/mol. The fourth-order valence-corrected chi connectivity index (χ4v) is 4.77. The highest BCUT2D eigenvalue weighted by Gasteiger charge is 2.21. The van der Waals surface area contributed by atoms with Gasteiger partial charge < -0.3 is 25.2 Å². The van der Waals surface area contributed by atoms with Crippen molar-refractivity contribution in [3.63, 3.8) is 0 Å². The third kappa shape index (κ3) is 8.35. The number of halogens is 2. The average molecular weight is 592 g/mol. The quantitative estimate of drug-likeness (QED) is 0.263. The lowest BCUT2D eigenvalue weighted by Crippen LogP contribution is -2.39. The van der Waals surface area contributed by atoms with Crippen LogP contribution in [0.5, 0.6) is 5.75 Å². The first-order chi connectivity index (χ1) is 18.9. The van der Waals surface area contributed by atoms with E-state index in [1.807, 2.05) is 20.8 Å². The number of ether oxygens (including phenoxy) is 2. The molecule has 0 radical (unpaired) electrons. The van der Waals surface area contributed by atoms with Crippen LogP contribution in [0, 0.1) is 0 Å². The minimum atomic E-state index is -0.478. The molecule has 40 heavy (non-hydrogen) atoms. The molecule has 3 aromatic rings. The average Bonchev–Trinajstić information content (AvgIpc) is 2.90. The van der Waals surface area contributed by atoms with Crippen molar-refractivity contribution in [2.24, 2.45) is 0 Å². The van der Waals surface area contributed by atoms with E-state index in [0.29, 0.717) is 39.6 Å². The summed E-state index contributed by atoms with van der Waals surface area (Å²) in [5.41, 5.74) is 2.75. The lowest BCUT2D eigenvalue weighted by Gasteiger charge is -2.25. The first-order valence-electron chi connectivity index (χ1n) is 13.3. The lowest BCUT2D eigenvalue weighted by atomic mass is 9.96. The number of pyridine rings is 2. The van der Waals surface area contributed by atoms with Crippen LogP contribution in [0.3, 0.4) is 0 Å². The van der Waals surface area contributed by atoms with Crippen molar-refractivity contribution >= 4 is 52.0 Å². The Morgan fingerprint density at radius 1 is 1.10 bits per heavy atom. The Kier molecular flexibility index (Phi) is 10.8. The number of hydrogen-bond donors (Lipinski definition) is 3. The number of carbonyl (C=O) groups is 2. The Balaban J connectivity index is 0.000000267. The lowest BCUT2D eigenvalue weighted by molar-refractivity contribution is 0.0490. The molecule has 1 saturated carbocycles. The van der Waals surface area contributed by atoms with Crippen LogP contribution in [-0.2, 0) is 9.47 Å². The van der Waals surface area contributed by atoms with Crippen molar-refractivity contribution in [3.05, 3.63) is 46.1 Å². The van der Waals surface area contributed by atoms with E-state index in [2.05, 4.69) is 20.6 Å². The smallest absolute Gasteiger partial charge is 0.407 e. The number of rotatable bonds is 5. The number of alkyl carbamates (subject to hydrolysis) is 1. The molecule has 4 rings (SSSR count). The summed E-state index contributed by atoms with van der Waals surface area (Å²) in [7, 11) is 1.69. The minimum Gasteiger partial charge on any atom is -0.505 e. The molecule has 1 aromatic carbocycles. The van der Waals surface area contributed by atoms with E-state index in [1.54, 1.807) is 38.2 Å². The molecule has 0 unspecified atom stereocenters. The van der Waals surface area contributed by atoms with E-state index in [0.717, 1.165) is 12.8 Å². The van der Waals surface area contributed by atoms with Crippen LogP contribution >= 0.6 is 23.2 Å². The Morgan fingerprint density at radius 3 is 2.33 bits per heavy atom. The van der Waals surface area contributed by atoms with Gasteiger partial charge in [-0.15, -0.1) is 0 Å². The van der Waals surface area contributed by atoms with Gasteiger partial charge in [0.25, 0.3) is 0 Å². The predicted octanol–water partition coefficient (Wildman–Crippen LogP) is 7.37. The molecule has 1 fully saturated rings. The molecule has 1 amide bonds. The normalized spacial score (nSPS) is 13.7. The van der Waals surface area contributed by atoms with Gasteiger partial charge in [-0.2, -0.15) is 0 Å². The van der Waals surface area contributed by atoms with Crippen LogP contribution in [0.1, 0.15) is 70.2 Å². The van der Waals surface area contributed by atoms with Gasteiger partial charge in [0.1, 0.15) is 16.7 Å². The molecular weight excluding hydrogens is 555 g/mol. The summed E-state index contributed by atoms with van der Waals surface area (Å²) in [4.78, 5) is 32.4. The van der Waals surface area contributed by atoms with E-state index >= 15 is 0 Å². The second kappa shape index (κ2) is 13.9. The van der Waals surface area contributed by atoms with Crippen LogP contribution in [0.15, 0.2) is 30.5 Å². The number of esters is 1. The van der Waals surface area contributed by atoms with Gasteiger partial charge in [0.15, 0.2) is 5.75 Å². The summed E-state index contributed by atoms with van der Waals surface area (Å²) in [6, 6.07) is 7.01. The molecule has 3 N–H and O–H groups in total. The zero-order valence-electron chi connectivity index (χ0n) is 23.4. The fourth-order valence-electron chi connectivity index (χ4n) is 4.28. The third-order valence-corrected chi connectivity index (χ3v) is 6.67. The van der Waals surface area contributed by atoms with Gasteiger partial charge in [-0.1, -0.05) is 42.5 Å². The molecule has 9 nitrogen and oxygen atoms in total. The van der Waals surface area contributed by atoms with Crippen LogP contribution in [0.25, 0.3) is 22.3 Å². The molecule has 0 saturated heterocycles. The van der Waals surface area contributed by atoms with Crippen LogP contribution < -0.4 is 10.6 Å². The minimum absolute atomic E-state index is 0.127. The SMILES string of the molecule is CC(C)(C)OC(=O)NC1CCCCC1.CCOC(=O)c1cnc2ccc(-c3cc(Cl)c(O)c(Cl)c3)nc2c1NC. The Bertz CT molecular complexity index is 1330. The molecule has 2 aromatic heterocycles. The number of benzene rings is 1. The number of aromatic nitrogens is 2. The van der Waals surface area contributed by atoms with E-state index in [-0.39, 0.29) is 28.5 Å². The number of anilines is 1. The number of carbonyl (C=O) groups excluding carboxylic acids is 2. The van der Waals surface area contributed by atoms with Gasteiger partial charge in [-0.25, -0.2) is 14.6 Å². The molecule has 1 aliphatic carbocycles. The maximum absolute atomic E-state index is 12.2. The number of amides is 1. The van der Waals surface area contributed by atoms with Crippen molar-refractivity contribution in [2.75, 3.05) is 19.0 Å². The number of fused-ring (bicyclic) bond motifs is 1. The van der Waals surface area contributed by atoms with Gasteiger partial charge in [0, 0.05) is 24.8 Å². The first kappa shape index (κ1) is 31.2. The van der Waals surface area contributed by atoms with Crippen LogP contribution in [0.2, 0.25) is 10.0 Å². The van der Waals surface area contributed by atoms with Gasteiger partial charge >= 0.3 is 12.1 Å². The Hall–Kier alpha value is -3.30.